The van der Waals surface area contributed by atoms with Gasteiger partial charge < -0.3 is 4.74 Å². The van der Waals surface area contributed by atoms with Crippen LogP contribution in [-0.4, -0.2) is 15.0 Å². The zero-order valence-electron chi connectivity index (χ0n) is 8.52. The lowest BCUT2D eigenvalue weighted by Gasteiger charge is -2.04. The predicted molar refractivity (Wildman–Crippen MR) is 59.4 cm³/mol. The first-order valence-electron chi connectivity index (χ1n) is 4.58. The molecular weight excluding hydrogens is 277 g/mol. The Morgan fingerprint density at radius 1 is 1.50 bits per heavy atom. The van der Waals surface area contributed by atoms with Crippen molar-refractivity contribution in [2.24, 2.45) is 7.05 Å². The molecule has 0 radical (unpaired) electrons. The van der Waals surface area contributed by atoms with Gasteiger partial charge in [-0.2, -0.15) is 0 Å². The molecule has 0 fully saturated rings. The summed E-state index contributed by atoms with van der Waals surface area (Å²) in [5.74, 6) is 0.269. The van der Waals surface area contributed by atoms with Crippen molar-refractivity contribution in [1.29, 1.82) is 0 Å². The Kier molecular flexibility index (Phi) is 3.19. The maximum absolute atomic E-state index is 12.9. The Balaban J connectivity index is 2.02. The molecule has 0 N–H and O–H groups in total. The summed E-state index contributed by atoms with van der Waals surface area (Å²) in [6.45, 7) is 0.311. The molecule has 0 saturated heterocycles. The molecule has 0 bridgehead atoms. The molecule has 0 atom stereocenters. The van der Waals surface area contributed by atoms with E-state index < -0.39 is 0 Å². The largest absolute Gasteiger partial charge is 0.487 e. The van der Waals surface area contributed by atoms with Gasteiger partial charge >= 0.3 is 0 Å². The van der Waals surface area contributed by atoms with E-state index in [0.29, 0.717) is 16.8 Å². The van der Waals surface area contributed by atoms with E-state index in [9.17, 15) is 4.39 Å². The van der Waals surface area contributed by atoms with E-state index in [1.54, 1.807) is 30.1 Å². The highest BCUT2D eigenvalue weighted by molar-refractivity contribution is 9.10. The summed E-state index contributed by atoms with van der Waals surface area (Å²) in [5, 5.41) is 7.65. The molecule has 0 aliphatic carbocycles. The van der Waals surface area contributed by atoms with E-state index in [-0.39, 0.29) is 5.82 Å². The average molecular weight is 286 g/mol. The normalized spacial score (nSPS) is 10.4. The van der Waals surface area contributed by atoms with Crippen LogP contribution in [-0.2, 0) is 13.7 Å². The summed E-state index contributed by atoms with van der Waals surface area (Å²) in [4.78, 5) is 0. The fraction of sp³-hybridized carbons (Fsp3) is 0.200. The lowest BCUT2D eigenvalue weighted by atomic mass is 10.3. The van der Waals surface area contributed by atoms with Crippen LogP contribution in [0.1, 0.15) is 5.69 Å². The molecule has 6 heteroatoms. The van der Waals surface area contributed by atoms with Crippen molar-refractivity contribution in [2.45, 2.75) is 6.61 Å². The molecule has 1 aromatic carbocycles. The van der Waals surface area contributed by atoms with Gasteiger partial charge in [0.25, 0.3) is 0 Å². The molecule has 2 aromatic rings. The van der Waals surface area contributed by atoms with Crippen molar-refractivity contribution >= 4 is 15.9 Å². The number of aromatic nitrogens is 3. The molecule has 84 valence electrons. The van der Waals surface area contributed by atoms with E-state index in [2.05, 4.69) is 26.2 Å². The monoisotopic (exact) mass is 285 g/mol. The number of aryl methyl sites for hydroxylation is 1. The minimum atomic E-state index is -0.313. The Bertz CT molecular complexity index is 501. The van der Waals surface area contributed by atoms with Gasteiger partial charge in [-0.15, -0.1) is 5.10 Å². The number of nitrogens with zero attached hydrogens (tertiary/aromatic N) is 3. The second kappa shape index (κ2) is 4.61. The number of hydrogen-bond acceptors (Lipinski definition) is 3. The number of hydrogen-bond donors (Lipinski definition) is 0. The Morgan fingerprint density at radius 2 is 2.31 bits per heavy atom. The summed E-state index contributed by atoms with van der Waals surface area (Å²) in [7, 11) is 1.78. The highest BCUT2D eigenvalue weighted by Crippen LogP contribution is 2.22. The van der Waals surface area contributed by atoms with Gasteiger partial charge in [-0.05, 0) is 34.1 Å². The second-order valence-corrected chi connectivity index (χ2v) is 4.10. The quantitative estimate of drug-likeness (QED) is 0.869. The topological polar surface area (TPSA) is 39.9 Å². The lowest BCUT2D eigenvalue weighted by molar-refractivity contribution is 0.300. The molecular formula is C10H9BrFN3O. The smallest absolute Gasteiger partial charge is 0.137 e. The van der Waals surface area contributed by atoms with Gasteiger partial charge in [0.05, 0.1) is 10.7 Å². The third-order valence-electron chi connectivity index (χ3n) is 1.93. The zero-order valence-corrected chi connectivity index (χ0v) is 10.1. The van der Waals surface area contributed by atoms with E-state index >= 15 is 0 Å². The lowest BCUT2D eigenvalue weighted by Crippen LogP contribution is -1.96. The number of benzene rings is 1. The van der Waals surface area contributed by atoms with Gasteiger partial charge in [-0.1, -0.05) is 5.21 Å². The third-order valence-corrected chi connectivity index (χ3v) is 2.54. The van der Waals surface area contributed by atoms with Crippen LogP contribution in [0.3, 0.4) is 0 Å². The number of ether oxygens (including phenoxy) is 1. The molecule has 0 unspecified atom stereocenters. The molecule has 0 saturated carbocycles. The maximum atomic E-state index is 12.9. The van der Waals surface area contributed by atoms with Crippen LogP contribution in [0, 0.1) is 5.82 Å². The number of rotatable bonds is 3. The fourth-order valence-corrected chi connectivity index (χ4v) is 1.54. The molecule has 2 rings (SSSR count). The van der Waals surface area contributed by atoms with Gasteiger partial charge in [0.2, 0.25) is 0 Å². The molecule has 4 nitrogen and oxygen atoms in total. The number of halogens is 2. The Labute approximate surface area is 100 Å². The molecule has 16 heavy (non-hydrogen) atoms. The second-order valence-electron chi connectivity index (χ2n) is 3.25. The van der Waals surface area contributed by atoms with Crippen LogP contribution in [0.4, 0.5) is 4.39 Å². The van der Waals surface area contributed by atoms with Crippen LogP contribution in [0.5, 0.6) is 5.75 Å². The first-order valence-corrected chi connectivity index (χ1v) is 5.37. The van der Waals surface area contributed by atoms with Crippen molar-refractivity contribution < 1.29 is 9.13 Å². The van der Waals surface area contributed by atoms with Gasteiger partial charge in [0.1, 0.15) is 23.9 Å². The fourth-order valence-electron chi connectivity index (χ4n) is 1.19. The third kappa shape index (κ3) is 2.57. The summed E-state index contributed by atoms with van der Waals surface area (Å²) in [5.41, 5.74) is 0.725. The van der Waals surface area contributed by atoms with E-state index in [1.165, 1.54) is 6.07 Å². The highest BCUT2D eigenvalue weighted by Gasteiger charge is 2.03. The van der Waals surface area contributed by atoms with Crippen molar-refractivity contribution in [3.8, 4) is 5.75 Å². The Hall–Kier alpha value is -1.43. The molecule has 1 heterocycles. The minimum Gasteiger partial charge on any atom is -0.487 e. The standard InChI is InChI=1S/C10H9BrFN3O/c1-15-5-7(13-14-15)6-16-8-2-3-10(12)9(11)4-8/h2-5H,6H2,1H3. The van der Waals surface area contributed by atoms with Gasteiger partial charge in [0.15, 0.2) is 0 Å². The van der Waals surface area contributed by atoms with Crippen molar-refractivity contribution in [2.75, 3.05) is 0 Å². The van der Waals surface area contributed by atoms with Crippen LogP contribution in [0.15, 0.2) is 28.9 Å². The first-order chi connectivity index (χ1) is 7.65. The molecule has 0 aliphatic heterocycles. The molecule has 0 amide bonds. The molecule has 0 spiro atoms. The van der Waals surface area contributed by atoms with Crippen LogP contribution >= 0.6 is 15.9 Å². The minimum absolute atomic E-state index is 0.311. The van der Waals surface area contributed by atoms with E-state index in [4.69, 9.17) is 4.74 Å². The summed E-state index contributed by atoms with van der Waals surface area (Å²) >= 11 is 3.09. The SMILES string of the molecule is Cn1cc(COc2ccc(F)c(Br)c2)nn1. The average Bonchev–Trinajstić information content (AvgIpc) is 2.66. The summed E-state index contributed by atoms with van der Waals surface area (Å²) < 4.78 is 20.3. The highest BCUT2D eigenvalue weighted by atomic mass is 79.9. The molecule has 0 aliphatic rings. The maximum Gasteiger partial charge on any atom is 0.137 e. The predicted octanol–water partition coefficient (Wildman–Crippen LogP) is 2.30. The van der Waals surface area contributed by atoms with E-state index in [1.807, 2.05) is 0 Å². The Morgan fingerprint density at radius 3 is 2.94 bits per heavy atom. The van der Waals surface area contributed by atoms with Crippen LogP contribution in [0.25, 0.3) is 0 Å². The van der Waals surface area contributed by atoms with Crippen molar-refractivity contribution in [3.05, 3.63) is 40.4 Å². The van der Waals surface area contributed by atoms with Crippen LogP contribution in [0.2, 0.25) is 0 Å². The van der Waals surface area contributed by atoms with Gasteiger partial charge in [-0.25, -0.2) is 4.39 Å². The van der Waals surface area contributed by atoms with Gasteiger partial charge in [0, 0.05) is 7.05 Å². The van der Waals surface area contributed by atoms with Crippen molar-refractivity contribution in [3.63, 3.8) is 0 Å². The van der Waals surface area contributed by atoms with E-state index in [0.717, 1.165) is 5.69 Å². The summed E-state index contributed by atoms with van der Waals surface area (Å²) in [6.07, 6.45) is 1.76. The summed E-state index contributed by atoms with van der Waals surface area (Å²) in [6, 6.07) is 4.48. The first kappa shape index (κ1) is 11.1. The van der Waals surface area contributed by atoms with Gasteiger partial charge in [-0.3, -0.25) is 4.68 Å². The molecule has 1 aromatic heterocycles. The van der Waals surface area contributed by atoms with Crippen LogP contribution < -0.4 is 4.74 Å². The van der Waals surface area contributed by atoms with Crippen molar-refractivity contribution in [1.82, 2.24) is 15.0 Å². The zero-order chi connectivity index (χ0) is 11.5.